The smallest absolute Gasteiger partial charge is 0.250 e. The zero-order valence-corrected chi connectivity index (χ0v) is 11.2. The van der Waals surface area contributed by atoms with Crippen LogP contribution in [0.1, 0.15) is 32.3 Å². The first-order valence-electron chi connectivity index (χ1n) is 5.33. The summed E-state index contributed by atoms with van der Waals surface area (Å²) in [6.45, 7) is 4.31. The summed E-state index contributed by atoms with van der Waals surface area (Å²) >= 11 is 1.21. The Morgan fingerprint density at radius 3 is 2.50 bits per heavy atom. The van der Waals surface area contributed by atoms with Crippen LogP contribution in [0.3, 0.4) is 0 Å². The molecule has 3 N–H and O–H groups in total. The summed E-state index contributed by atoms with van der Waals surface area (Å²) in [4.78, 5) is 0. The first-order valence-corrected chi connectivity index (χ1v) is 7.69. The highest BCUT2D eigenvalue weighted by Gasteiger charge is 2.19. The third-order valence-corrected chi connectivity index (χ3v) is 5.45. The van der Waals surface area contributed by atoms with Crippen molar-refractivity contribution < 1.29 is 8.42 Å². The Balaban J connectivity index is 2.85. The quantitative estimate of drug-likeness (QED) is 0.819. The van der Waals surface area contributed by atoms with E-state index in [1.54, 1.807) is 11.4 Å². The van der Waals surface area contributed by atoms with Gasteiger partial charge >= 0.3 is 0 Å². The maximum atomic E-state index is 11.9. The van der Waals surface area contributed by atoms with Crippen LogP contribution in [-0.4, -0.2) is 14.5 Å². The molecule has 1 rings (SSSR count). The second kappa shape index (κ2) is 5.77. The van der Waals surface area contributed by atoms with Crippen LogP contribution < -0.4 is 10.5 Å². The number of hydrogen-bond acceptors (Lipinski definition) is 4. The summed E-state index contributed by atoms with van der Waals surface area (Å²) in [6, 6.07) is 1.64. The van der Waals surface area contributed by atoms with Crippen molar-refractivity contribution in [1.29, 1.82) is 0 Å². The minimum absolute atomic E-state index is 0.00780. The molecule has 0 spiro atoms. The predicted octanol–water partition coefficient (Wildman–Crippen LogP) is 1.67. The van der Waals surface area contributed by atoms with Gasteiger partial charge < -0.3 is 5.73 Å². The van der Waals surface area contributed by atoms with Gasteiger partial charge in [-0.25, -0.2) is 13.1 Å². The van der Waals surface area contributed by atoms with Gasteiger partial charge in [0.2, 0.25) is 10.0 Å². The summed E-state index contributed by atoms with van der Waals surface area (Å²) in [7, 11) is -3.36. The molecule has 1 aromatic heterocycles. The zero-order valence-electron chi connectivity index (χ0n) is 9.56. The number of thiophene rings is 1. The fourth-order valence-corrected chi connectivity index (χ4v) is 3.98. The Labute approximate surface area is 101 Å². The SMILES string of the molecule is CCC(CC)NS(=O)(=O)c1cc(CN)cs1. The number of sulfonamides is 1. The molecule has 0 atom stereocenters. The van der Waals surface area contributed by atoms with Crippen LogP contribution in [0, 0.1) is 0 Å². The zero-order chi connectivity index (χ0) is 12.2. The second-order valence-electron chi connectivity index (χ2n) is 3.61. The molecular formula is C10H18N2O2S2. The summed E-state index contributed by atoms with van der Waals surface area (Å²) in [6.07, 6.45) is 1.59. The van der Waals surface area contributed by atoms with Crippen molar-refractivity contribution >= 4 is 21.4 Å². The molecular weight excluding hydrogens is 244 g/mol. The van der Waals surface area contributed by atoms with E-state index in [4.69, 9.17) is 5.73 Å². The van der Waals surface area contributed by atoms with Gasteiger partial charge in [0.05, 0.1) is 0 Å². The average molecular weight is 262 g/mol. The Morgan fingerprint density at radius 1 is 1.44 bits per heavy atom. The predicted molar refractivity (Wildman–Crippen MR) is 66.9 cm³/mol. The molecule has 0 amide bonds. The van der Waals surface area contributed by atoms with Crippen LogP contribution in [0.15, 0.2) is 15.7 Å². The van der Waals surface area contributed by atoms with E-state index in [1.807, 2.05) is 13.8 Å². The number of rotatable bonds is 6. The lowest BCUT2D eigenvalue weighted by atomic mass is 10.2. The molecule has 0 bridgehead atoms. The van der Waals surface area contributed by atoms with Gasteiger partial charge in [-0.1, -0.05) is 13.8 Å². The van der Waals surface area contributed by atoms with Gasteiger partial charge in [-0.2, -0.15) is 0 Å². The van der Waals surface area contributed by atoms with Crippen molar-refractivity contribution in [2.24, 2.45) is 5.73 Å². The van der Waals surface area contributed by atoms with Gasteiger partial charge in [0.15, 0.2) is 0 Å². The highest BCUT2D eigenvalue weighted by Crippen LogP contribution is 2.20. The first-order chi connectivity index (χ1) is 7.53. The molecule has 0 unspecified atom stereocenters. The Bertz CT molecular complexity index is 422. The van der Waals surface area contributed by atoms with Crippen LogP contribution in [-0.2, 0) is 16.6 Å². The number of nitrogens with two attached hydrogens (primary N) is 1. The number of hydrogen-bond donors (Lipinski definition) is 2. The van der Waals surface area contributed by atoms with Crippen molar-refractivity contribution in [3.05, 3.63) is 17.0 Å². The molecule has 4 nitrogen and oxygen atoms in total. The third kappa shape index (κ3) is 3.28. The molecule has 0 aliphatic rings. The standard InChI is InChI=1S/C10H18N2O2S2/c1-3-9(4-2)12-16(13,14)10-5-8(6-11)7-15-10/h5,7,9,12H,3-4,6,11H2,1-2H3. The summed E-state index contributed by atoms with van der Waals surface area (Å²) in [5.74, 6) is 0. The molecule has 0 aromatic carbocycles. The van der Waals surface area contributed by atoms with Gasteiger partial charge in [-0.15, -0.1) is 11.3 Å². The lowest BCUT2D eigenvalue weighted by Crippen LogP contribution is -2.33. The van der Waals surface area contributed by atoms with Gasteiger partial charge in [-0.3, -0.25) is 0 Å². The number of nitrogens with one attached hydrogen (secondary N) is 1. The molecule has 0 radical (unpaired) electrons. The topological polar surface area (TPSA) is 72.2 Å². The Hall–Kier alpha value is -0.430. The Kier molecular flexibility index (Phi) is 4.91. The minimum Gasteiger partial charge on any atom is -0.326 e. The highest BCUT2D eigenvalue weighted by atomic mass is 32.2. The maximum Gasteiger partial charge on any atom is 0.250 e. The van der Waals surface area contributed by atoms with Gasteiger partial charge in [0.25, 0.3) is 0 Å². The maximum absolute atomic E-state index is 11.9. The summed E-state index contributed by atoms with van der Waals surface area (Å²) in [5, 5.41) is 1.78. The summed E-state index contributed by atoms with van der Waals surface area (Å²) in [5.41, 5.74) is 6.31. The van der Waals surface area contributed by atoms with Crippen molar-refractivity contribution in [2.45, 2.75) is 43.5 Å². The van der Waals surface area contributed by atoms with E-state index in [1.165, 1.54) is 11.3 Å². The van der Waals surface area contributed by atoms with Crippen LogP contribution >= 0.6 is 11.3 Å². The second-order valence-corrected chi connectivity index (χ2v) is 6.46. The van der Waals surface area contributed by atoms with E-state index >= 15 is 0 Å². The van der Waals surface area contributed by atoms with Crippen molar-refractivity contribution in [2.75, 3.05) is 0 Å². The van der Waals surface area contributed by atoms with E-state index in [0.717, 1.165) is 18.4 Å². The minimum atomic E-state index is -3.36. The molecule has 0 aliphatic carbocycles. The largest absolute Gasteiger partial charge is 0.326 e. The molecule has 0 aliphatic heterocycles. The normalized spacial score (nSPS) is 12.2. The van der Waals surface area contributed by atoms with Crippen LogP contribution in [0.4, 0.5) is 0 Å². The molecule has 16 heavy (non-hydrogen) atoms. The average Bonchev–Trinajstić information content (AvgIpc) is 2.75. The van der Waals surface area contributed by atoms with E-state index in [0.29, 0.717) is 10.8 Å². The molecule has 1 aromatic rings. The Morgan fingerprint density at radius 2 is 2.06 bits per heavy atom. The fourth-order valence-electron chi connectivity index (χ4n) is 1.33. The molecule has 92 valence electrons. The molecule has 0 fully saturated rings. The van der Waals surface area contributed by atoms with E-state index in [9.17, 15) is 8.42 Å². The van der Waals surface area contributed by atoms with E-state index in [2.05, 4.69) is 4.72 Å². The van der Waals surface area contributed by atoms with E-state index in [-0.39, 0.29) is 6.04 Å². The monoisotopic (exact) mass is 262 g/mol. The highest BCUT2D eigenvalue weighted by molar-refractivity contribution is 7.91. The van der Waals surface area contributed by atoms with Gasteiger partial charge in [0.1, 0.15) is 4.21 Å². The van der Waals surface area contributed by atoms with Crippen LogP contribution in [0.2, 0.25) is 0 Å². The lowest BCUT2D eigenvalue weighted by molar-refractivity contribution is 0.531. The van der Waals surface area contributed by atoms with Crippen molar-refractivity contribution in [3.63, 3.8) is 0 Å². The first kappa shape index (κ1) is 13.6. The van der Waals surface area contributed by atoms with Gasteiger partial charge in [0, 0.05) is 12.6 Å². The molecule has 1 heterocycles. The fraction of sp³-hybridized carbons (Fsp3) is 0.600. The third-order valence-electron chi connectivity index (χ3n) is 2.44. The van der Waals surface area contributed by atoms with E-state index < -0.39 is 10.0 Å². The lowest BCUT2D eigenvalue weighted by Gasteiger charge is -2.13. The van der Waals surface area contributed by atoms with Crippen molar-refractivity contribution in [3.8, 4) is 0 Å². The summed E-state index contributed by atoms with van der Waals surface area (Å²) < 4.78 is 26.9. The van der Waals surface area contributed by atoms with Crippen LogP contribution in [0.5, 0.6) is 0 Å². The molecule has 0 saturated carbocycles. The van der Waals surface area contributed by atoms with Crippen LogP contribution in [0.25, 0.3) is 0 Å². The molecule has 6 heteroatoms. The van der Waals surface area contributed by atoms with Gasteiger partial charge in [-0.05, 0) is 29.9 Å². The molecule has 0 saturated heterocycles. The van der Waals surface area contributed by atoms with Crippen molar-refractivity contribution in [1.82, 2.24) is 4.72 Å².